The zero-order chi connectivity index (χ0) is 12.9. The zero-order valence-corrected chi connectivity index (χ0v) is 9.38. The van der Waals surface area contributed by atoms with Crippen LogP contribution < -0.4 is 10.6 Å². The molecule has 0 unspecified atom stereocenters. The number of aliphatic carboxylic acids is 1. The smallest absolute Gasteiger partial charge is 0.326 e. The molecule has 0 saturated heterocycles. The Balaban J connectivity index is 4.32. The number of carboxylic acid groups (broad SMARTS) is 1. The maximum atomic E-state index is 11.8. The van der Waals surface area contributed by atoms with Crippen LogP contribution in [0.1, 0.15) is 20.8 Å². The van der Waals surface area contributed by atoms with Crippen molar-refractivity contribution in [3.8, 4) is 0 Å². The first-order chi connectivity index (χ1) is 7.14. The standard InChI is InChI=1S/C9H16F2N2O3/c1-9(2,3)6(7(14)15)13-8(16)12-4-5(10)11/h5-6H,4H2,1-3H3,(H,14,15)(H2,12,13,16)/t6-/m1/s1. The fourth-order valence-corrected chi connectivity index (χ4v) is 1.00. The van der Waals surface area contributed by atoms with E-state index in [0.29, 0.717) is 0 Å². The molecule has 0 bridgehead atoms. The van der Waals surface area contributed by atoms with Crippen molar-refractivity contribution < 1.29 is 23.5 Å². The monoisotopic (exact) mass is 238 g/mol. The van der Waals surface area contributed by atoms with E-state index in [4.69, 9.17) is 5.11 Å². The Morgan fingerprint density at radius 1 is 1.31 bits per heavy atom. The van der Waals surface area contributed by atoms with Crippen LogP contribution in [0.25, 0.3) is 0 Å². The maximum absolute atomic E-state index is 11.8. The molecule has 0 aliphatic rings. The number of amides is 2. The van der Waals surface area contributed by atoms with E-state index < -0.39 is 36.4 Å². The molecule has 0 heterocycles. The molecule has 7 heteroatoms. The summed E-state index contributed by atoms with van der Waals surface area (Å²) in [5.41, 5.74) is -0.700. The molecule has 5 nitrogen and oxygen atoms in total. The largest absolute Gasteiger partial charge is 0.480 e. The average Bonchev–Trinajstić information content (AvgIpc) is 2.08. The molecule has 2 amide bonds. The van der Waals surface area contributed by atoms with Gasteiger partial charge in [-0.25, -0.2) is 18.4 Å². The number of nitrogens with one attached hydrogen (secondary N) is 2. The van der Waals surface area contributed by atoms with Crippen molar-refractivity contribution >= 4 is 12.0 Å². The summed E-state index contributed by atoms with van der Waals surface area (Å²) in [7, 11) is 0. The van der Waals surface area contributed by atoms with E-state index in [-0.39, 0.29) is 0 Å². The summed E-state index contributed by atoms with van der Waals surface area (Å²) >= 11 is 0. The van der Waals surface area contributed by atoms with Crippen LogP contribution in [-0.2, 0) is 4.79 Å². The van der Waals surface area contributed by atoms with Crippen LogP contribution in [0.2, 0.25) is 0 Å². The summed E-state index contributed by atoms with van der Waals surface area (Å²) in [5, 5.41) is 12.8. The summed E-state index contributed by atoms with van der Waals surface area (Å²) in [6, 6.07) is -2.05. The van der Waals surface area contributed by atoms with Gasteiger partial charge in [-0.2, -0.15) is 0 Å². The van der Waals surface area contributed by atoms with Crippen molar-refractivity contribution in [2.75, 3.05) is 6.54 Å². The summed E-state index contributed by atoms with van der Waals surface area (Å²) in [5.74, 6) is -1.21. The van der Waals surface area contributed by atoms with Gasteiger partial charge in [0, 0.05) is 0 Å². The number of hydrogen-bond donors (Lipinski definition) is 3. The number of halogens is 2. The molecule has 0 saturated carbocycles. The molecule has 94 valence electrons. The van der Waals surface area contributed by atoms with Crippen molar-refractivity contribution in [3.63, 3.8) is 0 Å². The van der Waals surface area contributed by atoms with Gasteiger partial charge in [-0.05, 0) is 5.41 Å². The number of rotatable bonds is 4. The predicted molar refractivity (Wildman–Crippen MR) is 53.4 cm³/mol. The minimum atomic E-state index is -2.66. The van der Waals surface area contributed by atoms with E-state index in [2.05, 4.69) is 5.32 Å². The first-order valence-electron chi connectivity index (χ1n) is 4.70. The average molecular weight is 238 g/mol. The minimum Gasteiger partial charge on any atom is -0.480 e. The van der Waals surface area contributed by atoms with Crippen LogP contribution in [0.5, 0.6) is 0 Å². The third kappa shape index (κ3) is 5.47. The van der Waals surface area contributed by atoms with Gasteiger partial charge in [0.25, 0.3) is 6.43 Å². The topological polar surface area (TPSA) is 78.4 Å². The highest BCUT2D eigenvalue weighted by Gasteiger charge is 2.32. The molecule has 1 atom stereocenters. The van der Waals surface area contributed by atoms with Crippen molar-refractivity contribution in [1.29, 1.82) is 0 Å². The van der Waals surface area contributed by atoms with E-state index in [1.807, 2.05) is 5.32 Å². The number of alkyl halides is 2. The fourth-order valence-electron chi connectivity index (χ4n) is 1.00. The van der Waals surface area contributed by atoms with Gasteiger partial charge in [-0.15, -0.1) is 0 Å². The lowest BCUT2D eigenvalue weighted by atomic mass is 9.87. The molecule has 0 fully saturated rings. The Hall–Kier alpha value is -1.40. The summed E-state index contributed by atoms with van der Waals surface area (Å²) in [6.45, 7) is 4.07. The quantitative estimate of drug-likeness (QED) is 0.685. The van der Waals surface area contributed by atoms with Crippen LogP contribution in [0.3, 0.4) is 0 Å². The molecular formula is C9H16F2N2O3. The molecule has 0 spiro atoms. The van der Waals surface area contributed by atoms with Crippen LogP contribution in [0, 0.1) is 5.41 Å². The minimum absolute atomic E-state index is 0.700. The molecule has 0 aliphatic carbocycles. The Kier molecular flexibility index (Phi) is 5.13. The molecule has 0 aliphatic heterocycles. The van der Waals surface area contributed by atoms with E-state index in [0.717, 1.165) is 0 Å². The van der Waals surface area contributed by atoms with Gasteiger partial charge in [-0.3, -0.25) is 0 Å². The molecule has 0 aromatic heterocycles. The Labute approximate surface area is 92.2 Å². The first-order valence-corrected chi connectivity index (χ1v) is 4.70. The third-order valence-corrected chi connectivity index (χ3v) is 1.81. The number of carboxylic acids is 1. The van der Waals surface area contributed by atoms with Gasteiger partial charge in [0.15, 0.2) is 0 Å². The van der Waals surface area contributed by atoms with Crippen molar-refractivity contribution in [2.45, 2.75) is 33.2 Å². The van der Waals surface area contributed by atoms with Crippen molar-refractivity contribution in [3.05, 3.63) is 0 Å². The zero-order valence-electron chi connectivity index (χ0n) is 9.38. The molecule has 0 radical (unpaired) electrons. The Morgan fingerprint density at radius 3 is 2.12 bits per heavy atom. The van der Waals surface area contributed by atoms with Crippen molar-refractivity contribution in [1.82, 2.24) is 10.6 Å². The second-order valence-electron chi connectivity index (χ2n) is 4.38. The maximum Gasteiger partial charge on any atom is 0.326 e. The number of urea groups is 1. The highest BCUT2D eigenvalue weighted by Crippen LogP contribution is 2.19. The highest BCUT2D eigenvalue weighted by molar-refractivity contribution is 5.83. The van der Waals surface area contributed by atoms with E-state index in [1.54, 1.807) is 20.8 Å². The van der Waals surface area contributed by atoms with Gasteiger partial charge in [-0.1, -0.05) is 20.8 Å². The summed E-state index contributed by atoms with van der Waals surface area (Å²) in [6.07, 6.45) is -2.66. The van der Waals surface area contributed by atoms with Crippen LogP contribution in [-0.4, -0.2) is 36.1 Å². The first kappa shape index (κ1) is 14.6. The fraction of sp³-hybridized carbons (Fsp3) is 0.778. The van der Waals surface area contributed by atoms with Gasteiger partial charge >= 0.3 is 12.0 Å². The lowest BCUT2D eigenvalue weighted by Crippen LogP contribution is -2.52. The number of carbonyl (C=O) groups is 2. The predicted octanol–water partition coefficient (Wildman–Crippen LogP) is 1.05. The number of hydrogen-bond acceptors (Lipinski definition) is 2. The van der Waals surface area contributed by atoms with E-state index >= 15 is 0 Å². The Morgan fingerprint density at radius 2 is 1.81 bits per heavy atom. The van der Waals surface area contributed by atoms with Crippen LogP contribution in [0.4, 0.5) is 13.6 Å². The van der Waals surface area contributed by atoms with Gasteiger partial charge in [0.1, 0.15) is 6.04 Å². The van der Waals surface area contributed by atoms with Gasteiger partial charge in [0.2, 0.25) is 0 Å². The molecule has 0 aromatic carbocycles. The molecule has 0 aromatic rings. The SMILES string of the molecule is CC(C)(C)[C@H](NC(=O)NCC(F)F)C(=O)O. The van der Waals surface area contributed by atoms with Gasteiger partial charge in [0.05, 0.1) is 6.54 Å². The normalized spacial score (nSPS) is 13.4. The molecular weight excluding hydrogens is 222 g/mol. The second kappa shape index (κ2) is 5.62. The third-order valence-electron chi connectivity index (χ3n) is 1.81. The number of carbonyl (C=O) groups excluding carboxylic acids is 1. The lowest BCUT2D eigenvalue weighted by Gasteiger charge is -2.27. The summed E-state index contributed by atoms with van der Waals surface area (Å²) in [4.78, 5) is 21.9. The molecule has 16 heavy (non-hydrogen) atoms. The van der Waals surface area contributed by atoms with E-state index in [9.17, 15) is 18.4 Å². The van der Waals surface area contributed by atoms with Crippen LogP contribution >= 0.6 is 0 Å². The highest BCUT2D eigenvalue weighted by atomic mass is 19.3. The molecule has 0 rings (SSSR count). The molecule has 3 N–H and O–H groups in total. The van der Waals surface area contributed by atoms with Crippen molar-refractivity contribution in [2.24, 2.45) is 5.41 Å². The van der Waals surface area contributed by atoms with Gasteiger partial charge < -0.3 is 15.7 Å². The summed E-state index contributed by atoms with van der Waals surface area (Å²) < 4.78 is 23.5. The van der Waals surface area contributed by atoms with E-state index in [1.165, 1.54) is 0 Å². The lowest BCUT2D eigenvalue weighted by molar-refractivity contribution is -0.141. The Bertz CT molecular complexity index is 264. The second-order valence-corrected chi connectivity index (χ2v) is 4.38. The van der Waals surface area contributed by atoms with Crippen LogP contribution in [0.15, 0.2) is 0 Å².